The zero-order valence-corrected chi connectivity index (χ0v) is 8.30. The quantitative estimate of drug-likeness (QED) is 0.761. The van der Waals surface area contributed by atoms with Gasteiger partial charge < -0.3 is 5.32 Å². The van der Waals surface area contributed by atoms with Gasteiger partial charge >= 0.3 is 0 Å². The van der Waals surface area contributed by atoms with E-state index < -0.39 is 0 Å². The molecule has 1 aromatic carbocycles. The normalized spacial score (nSPS) is 22.2. The largest absolute Gasteiger partial charge is 0.316 e. The van der Waals surface area contributed by atoms with Gasteiger partial charge in [0.15, 0.2) is 0 Å². The molecular weight excluding hydrogens is 177 g/mol. The third kappa shape index (κ3) is 2.13. The summed E-state index contributed by atoms with van der Waals surface area (Å²) in [5.74, 6) is 0.579. The van der Waals surface area contributed by atoms with Crippen molar-refractivity contribution in [1.29, 1.82) is 0 Å². The second kappa shape index (κ2) is 4.56. The molecule has 1 N–H and O–H groups in total. The molecule has 0 saturated carbocycles. The molecule has 0 spiro atoms. The molecule has 0 bridgehead atoms. The van der Waals surface area contributed by atoms with Gasteiger partial charge in [0.25, 0.3) is 0 Å². The molecule has 1 aromatic rings. The van der Waals surface area contributed by atoms with Crippen molar-refractivity contribution in [2.45, 2.75) is 25.4 Å². The Morgan fingerprint density at radius 2 is 2.36 bits per heavy atom. The van der Waals surface area contributed by atoms with Crippen molar-refractivity contribution >= 4 is 0 Å². The van der Waals surface area contributed by atoms with Gasteiger partial charge in [0.05, 0.1) is 0 Å². The third-order valence-electron chi connectivity index (χ3n) is 2.87. The Hall–Kier alpha value is -0.890. The van der Waals surface area contributed by atoms with Crippen LogP contribution in [-0.4, -0.2) is 13.1 Å². The van der Waals surface area contributed by atoms with E-state index in [1.165, 1.54) is 18.4 Å². The van der Waals surface area contributed by atoms with Crippen molar-refractivity contribution in [3.05, 3.63) is 35.4 Å². The highest BCUT2D eigenvalue weighted by Crippen LogP contribution is 2.23. The van der Waals surface area contributed by atoms with E-state index in [9.17, 15) is 4.39 Å². The van der Waals surface area contributed by atoms with Crippen molar-refractivity contribution in [3.63, 3.8) is 0 Å². The average molecular weight is 193 g/mol. The van der Waals surface area contributed by atoms with Crippen LogP contribution in [-0.2, 0) is 6.67 Å². The Balaban J connectivity index is 2.13. The molecular formula is C12H16FN. The Labute approximate surface area is 84.3 Å². The molecule has 0 aromatic heterocycles. The number of piperidine rings is 1. The maximum Gasteiger partial charge on any atom is 0.115 e. The zero-order chi connectivity index (χ0) is 9.80. The van der Waals surface area contributed by atoms with Gasteiger partial charge in [0, 0.05) is 6.54 Å². The van der Waals surface area contributed by atoms with Crippen LogP contribution in [0.3, 0.4) is 0 Å². The first kappa shape index (κ1) is 9.66. The van der Waals surface area contributed by atoms with Crippen LogP contribution in [0.5, 0.6) is 0 Å². The van der Waals surface area contributed by atoms with Crippen molar-refractivity contribution in [2.24, 2.45) is 0 Å². The summed E-state index contributed by atoms with van der Waals surface area (Å²) in [4.78, 5) is 0. The van der Waals surface area contributed by atoms with Gasteiger partial charge in [-0.05, 0) is 36.4 Å². The smallest absolute Gasteiger partial charge is 0.115 e. The van der Waals surface area contributed by atoms with Crippen molar-refractivity contribution in [3.8, 4) is 0 Å². The predicted molar refractivity (Wildman–Crippen MR) is 56.1 cm³/mol. The van der Waals surface area contributed by atoms with Gasteiger partial charge in [-0.2, -0.15) is 0 Å². The predicted octanol–water partition coefficient (Wildman–Crippen LogP) is 2.62. The summed E-state index contributed by atoms with van der Waals surface area (Å²) in [5.41, 5.74) is 2.08. The van der Waals surface area contributed by atoms with Crippen LogP contribution in [0.4, 0.5) is 4.39 Å². The molecule has 1 aliphatic heterocycles. The lowest BCUT2D eigenvalue weighted by Gasteiger charge is -2.23. The molecule has 1 aliphatic rings. The summed E-state index contributed by atoms with van der Waals surface area (Å²) in [6.45, 7) is 1.81. The van der Waals surface area contributed by atoms with Gasteiger partial charge in [0.2, 0.25) is 0 Å². The number of hydrogen-bond acceptors (Lipinski definition) is 1. The highest BCUT2D eigenvalue weighted by Gasteiger charge is 2.14. The Kier molecular flexibility index (Phi) is 3.14. The third-order valence-corrected chi connectivity index (χ3v) is 2.87. The minimum atomic E-state index is -0.353. The number of halogens is 1. The van der Waals surface area contributed by atoms with Crippen LogP contribution in [0.15, 0.2) is 24.3 Å². The van der Waals surface area contributed by atoms with E-state index in [2.05, 4.69) is 11.4 Å². The Morgan fingerprint density at radius 3 is 3.07 bits per heavy atom. The van der Waals surface area contributed by atoms with Crippen molar-refractivity contribution in [1.82, 2.24) is 5.32 Å². The minimum absolute atomic E-state index is 0.353. The molecule has 2 rings (SSSR count). The summed E-state index contributed by atoms with van der Waals surface area (Å²) in [5, 5.41) is 3.38. The molecule has 1 unspecified atom stereocenters. The van der Waals surface area contributed by atoms with Gasteiger partial charge in [0.1, 0.15) is 6.67 Å². The summed E-state index contributed by atoms with van der Waals surface area (Å²) >= 11 is 0. The summed E-state index contributed by atoms with van der Waals surface area (Å²) < 4.78 is 12.5. The van der Waals surface area contributed by atoms with E-state index in [4.69, 9.17) is 0 Å². The molecule has 1 nitrogen and oxygen atoms in total. The van der Waals surface area contributed by atoms with E-state index >= 15 is 0 Å². The summed E-state index contributed by atoms with van der Waals surface area (Å²) in [6, 6.07) is 7.91. The molecule has 76 valence electrons. The monoisotopic (exact) mass is 193 g/mol. The first-order chi connectivity index (χ1) is 6.90. The fraction of sp³-hybridized carbons (Fsp3) is 0.500. The topological polar surface area (TPSA) is 12.0 Å². The number of benzene rings is 1. The van der Waals surface area contributed by atoms with Crippen LogP contribution in [0.1, 0.15) is 29.9 Å². The molecule has 14 heavy (non-hydrogen) atoms. The van der Waals surface area contributed by atoms with Crippen LogP contribution >= 0.6 is 0 Å². The van der Waals surface area contributed by atoms with E-state index in [0.29, 0.717) is 5.92 Å². The van der Waals surface area contributed by atoms with E-state index in [0.717, 1.165) is 18.7 Å². The number of nitrogens with one attached hydrogen (secondary N) is 1. The molecule has 2 heteroatoms. The minimum Gasteiger partial charge on any atom is -0.316 e. The number of rotatable bonds is 2. The highest BCUT2D eigenvalue weighted by molar-refractivity contribution is 5.26. The Morgan fingerprint density at radius 1 is 1.43 bits per heavy atom. The zero-order valence-electron chi connectivity index (χ0n) is 8.30. The lowest BCUT2D eigenvalue weighted by atomic mass is 9.91. The maximum atomic E-state index is 12.5. The van der Waals surface area contributed by atoms with Gasteiger partial charge in [-0.3, -0.25) is 0 Å². The molecule has 1 atom stereocenters. The van der Waals surface area contributed by atoms with E-state index in [-0.39, 0.29) is 6.67 Å². The molecule has 0 radical (unpaired) electrons. The molecule has 0 amide bonds. The van der Waals surface area contributed by atoms with Crippen LogP contribution < -0.4 is 5.32 Å². The SMILES string of the molecule is FCc1cccc(C2CCCNC2)c1. The summed E-state index contributed by atoms with van der Waals surface area (Å²) in [7, 11) is 0. The second-order valence-electron chi connectivity index (χ2n) is 3.92. The van der Waals surface area contributed by atoms with E-state index in [1.54, 1.807) is 0 Å². The van der Waals surface area contributed by atoms with Gasteiger partial charge in [-0.1, -0.05) is 24.3 Å². The molecule has 1 heterocycles. The first-order valence-electron chi connectivity index (χ1n) is 5.25. The lowest BCUT2D eigenvalue weighted by molar-refractivity contribution is 0.458. The van der Waals surface area contributed by atoms with Crippen LogP contribution in [0.25, 0.3) is 0 Å². The van der Waals surface area contributed by atoms with E-state index in [1.807, 2.05) is 18.2 Å². The summed E-state index contributed by atoms with van der Waals surface area (Å²) in [6.07, 6.45) is 2.45. The van der Waals surface area contributed by atoms with Gasteiger partial charge in [-0.15, -0.1) is 0 Å². The second-order valence-corrected chi connectivity index (χ2v) is 3.92. The van der Waals surface area contributed by atoms with Crippen LogP contribution in [0.2, 0.25) is 0 Å². The molecule has 1 fully saturated rings. The maximum absolute atomic E-state index is 12.5. The van der Waals surface area contributed by atoms with Crippen molar-refractivity contribution < 1.29 is 4.39 Å². The average Bonchev–Trinajstić information content (AvgIpc) is 2.30. The standard InChI is InChI=1S/C12H16FN/c13-8-10-3-1-4-11(7-10)12-5-2-6-14-9-12/h1,3-4,7,12,14H,2,5-6,8-9H2. The number of hydrogen-bond donors (Lipinski definition) is 1. The Bertz CT molecular complexity index is 292. The molecule has 1 saturated heterocycles. The fourth-order valence-corrected chi connectivity index (χ4v) is 2.07. The fourth-order valence-electron chi connectivity index (χ4n) is 2.07. The van der Waals surface area contributed by atoms with Crippen LogP contribution in [0, 0.1) is 0 Å². The van der Waals surface area contributed by atoms with Gasteiger partial charge in [-0.25, -0.2) is 4.39 Å². The van der Waals surface area contributed by atoms with Crippen molar-refractivity contribution in [2.75, 3.05) is 13.1 Å². The first-order valence-corrected chi connectivity index (χ1v) is 5.25. The molecule has 0 aliphatic carbocycles. The lowest BCUT2D eigenvalue weighted by Crippen LogP contribution is -2.28. The highest BCUT2D eigenvalue weighted by atomic mass is 19.1. The number of alkyl halides is 1.